The Labute approximate surface area is 118 Å². The molecule has 0 amide bonds. The molecular weight excluding hydrogens is 286 g/mol. The van der Waals surface area contributed by atoms with E-state index < -0.39 is 17.6 Å². The fraction of sp³-hybridized carbons (Fsp3) is 0.286. The van der Waals surface area contributed by atoms with Crippen molar-refractivity contribution < 1.29 is 17.6 Å². The van der Waals surface area contributed by atoms with Crippen molar-refractivity contribution in [2.24, 2.45) is 5.73 Å². The molecule has 21 heavy (non-hydrogen) atoms. The fourth-order valence-corrected chi connectivity index (χ4v) is 2.00. The van der Waals surface area contributed by atoms with Crippen molar-refractivity contribution in [3.8, 4) is 11.4 Å². The van der Waals surface area contributed by atoms with Crippen LogP contribution in [0.3, 0.4) is 0 Å². The van der Waals surface area contributed by atoms with E-state index in [0.29, 0.717) is 17.3 Å². The van der Waals surface area contributed by atoms with Crippen LogP contribution in [-0.2, 0) is 6.18 Å². The van der Waals surface area contributed by atoms with E-state index in [-0.39, 0.29) is 17.4 Å². The van der Waals surface area contributed by atoms with Crippen LogP contribution in [0.15, 0.2) is 24.4 Å². The van der Waals surface area contributed by atoms with Crippen LogP contribution < -0.4 is 5.73 Å². The normalized spacial score (nSPS) is 13.3. The number of nitrogens with zero attached hydrogens (tertiary/aromatic N) is 2. The molecular formula is C14H13F4N3. The summed E-state index contributed by atoms with van der Waals surface area (Å²) in [6.45, 7) is 3.37. The van der Waals surface area contributed by atoms with E-state index in [2.05, 4.69) is 9.97 Å². The van der Waals surface area contributed by atoms with E-state index in [1.54, 1.807) is 13.8 Å². The Balaban J connectivity index is 2.60. The first-order valence-corrected chi connectivity index (χ1v) is 6.16. The maximum atomic E-state index is 13.1. The lowest BCUT2D eigenvalue weighted by Gasteiger charge is -2.14. The Morgan fingerprint density at radius 3 is 2.43 bits per heavy atom. The zero-order chi connectivity index (χ0) is 15.8. The summed E-state index contributed by atoms with van der Waals surface area (Å²) in [4.78, 5) is 7.98. The van der Waals surface area contributed by atoms with Crippen LogP contribution in [0.4, 0.5) is 17.6 Å². The first-order valence-electron chi connectivity index (χ1n) is 6.16. The first-order chi connectivity index (χ1) is 9.70. The number of nitrogens with two attached hydrogens (primary N) is 1. The van der Waals surface area contributed by atoms with E-state index >= 15 is 0 Å². The predicted molar refractivity (Wildman–Crippen MR) is 69.8 cm³/mol. The Hall–Kier alpha value is -2.02. The Morgan fingerprint density at radius 1 is 1.24 bits per heavy atom. The molecule has 7 heteroatoms. The second-order valence-electron chi connectivity index (χ2n) is 4.71. The second kappa shape index (κ2) is 5.40. The van der Waals surface area contributed by atoms with E-state index in [4.69, 9.17) is 5.73 Å². The Kier molecular flexibility index (Phi) is 3.95. The molecule has 0 saturated carbocycles. The van der Waals surface area contributed by atoms with Crippen molar-refractivity contribution in [2.75, 3.05) is 0 Å². The summed E-state index contributed by atoms with van der Waals surface area (Å²) in [6.07, 6.45) is -3.29. The maximum absolute atomic E-state index is 13.1. The van der Waals surface area contributed by atoms with Gasteiger partial charge in [-0.1, -0.05) is 0 Å². The van der Waals surface area contributed by atoms with E-state index in [1.165, 1.54) is 6.20 Å². The SMILES string of the molecule is Cc1nc(-c2ccc(F)cc2C(F)(F)F)ncc1C(C)N. The molecule has 0 radical (unpaired) electrons. The number of hydrogen-bond donors (Lipinski definition) is 1. The molecule has 3 nitrogen and oxygen atoms in total. The van der Waals surface area contributed by atoms with Gasteiger partial charge in [0.1, 0.15) is 5.82 Å². The van der Waals surface area contributed by atoms with Gasteiger partial charge in [-0.05, 0) is 32.0 Å². The molecule has 0 fully saturated rings. The maximum Gasteiger partial charge on any atom is 0.417 e. The van der Waals surface area contributed by atoms with Gasteiger partial charge in [0.15, 0.2) is 5.82 Å². The standard InChI is InChI=1S/C14H13F4N3/c1-7(19)11-6-20-13(21-8(11)2)10-4-3-9(15)5-12(10)14(16,17)18/h3-7H,19H2,1-2H3. The van der Waals surface area contributed by atoms with Crippen molar-refractivity contribution in [3.63, 3.8) is 0 Å². The smallest absolute Gasteiger partial charge is 0.324 e. The predicted octanol–water partition coefficient (Wildman–Crippen LogP) is 3.63. The highest BCUT2D eigenvalue weighted by molar-refractivity contribution is 5.61. The van der Waals surface area contributed by atoms with Crippen LogP contribution in [0.2, 0.25) is 0 Å². The molecule has 0 bridgehead atoms. The lowest BCUT2D eigenvalue weighted by Crippen LogP contribution is -2.12. The number of halogens is 4. The number of hydrogen-bond acceptors (Lipinski definition) is 3. The lowest BCUT2D eigenvalue weighted by atomic mass is 10.0. The van der Waals surface area contributed by atoms with Gasteiger partial charge in [-0.15, -0.1) is 0 Å². The van der Waals surface area contributed by atoms with Crippen LogP contribution in [0.5, 0.6) is 0 Å². The van der Waals surface area contributed by atoms with Gasteiger partial charge >= 0.3 is 6.18 Å². The largest absolute Gasteiger partial charge is 0.417 e. The zero-order valence-electron chi connectivity index (χ0n) is 11.4. The Morgan fingerprint density at radius 2 is 1.90 bits per heavy atom. The summed E-state index contributed by atoms with van der Waals surface area (Å²) in [5.74, 6) is -1.07. The highest BCUT2D eigenvalue weighted by Gasteiger charge is 2.35. The summed E-state index contributed by atoms with van der Waals surface area (Å²) in [5, 5.41) is 0. The minimum Gasteiger partial charge on any atom is -0.324 e. The van der Waals surface area contributed by atoms with Crippen molar-refractivity contribution in [1.82, 2.24) is 9.97 Å². The molecule has 0 aliphatic heterocycles. The average molecular weight is 299 g/mol. The van der Waals surface area contributed by atoms with E-state index in [0.717, 1.165) is 12.1 Å². The average Bonchev–Trinajstić information content (AvgIpc) is 2.37. The summed E-state index contributed by atoms with van der Waals surface area (Å²) >= 11 is 0. The molecule has 112 valence electrons. The van der Waals surface area contributed by atoms with Gasteiger partial charge in [-0.3, -0.25) is 0 Å². The second-order valence-corrected chi connectivity index (χ2v) is 4.71. The van der Waals surface area contributed by atoms with Crippen LogP contribution in [0.25, 0.3) is 11.4 Å². The summed E-state index contributed by atoms with van der Waals surface area (Å²) < 4.78 is 52.0. The molecule has 0 aliphatic carbocycles. The minimum atomic E-state index is -4.69. The molecule has 1 heterocycles. The molecule has 0 saturated heterocycles. The van der Waals surface area contributed by atoms with Gasteiger partial charge in [0.25, 0.3) is 0 Å². The third kappa shape index (κ3) is 3.18. The molecule has 1 atom stereocenters. The third-order valence-electron chi connectivity index (χ3n) is 3.04. The minimum absolute atomic E-state index is 0.107. The van der Waals surface area contributed by atoms with Crippen LogP contribution >= 0.6 is 0 Å². The van der Waals surface area contributed by atoms with Gasteiger partial charge in [0.05, 0.1) is 5.56 Å². The van der Waals surface area contributed by atoms with Crippen molar-refractivity contribution in [1.29, 1.82) is 0 Å². The third-order valence-corrected chi connectivity index (χ3v) is 3.04. The number of rotatable bonds is 2. The first kappa shape index (κ1) is 15.4. The number of alkyl halides is 3. The highest BCUT2D eigenvalue weighted by atomic mass is 19.4. The molecule has 2 rings (SSSR count). The number of aromatic nitrogens is 2. The topological polar surface area (TPSA) is 51.8 Å². The van der Waals surface area contributed by atoms with Gasteiger partial charge in [0, 0.05) is 29.1 Å². The lowest BCUT2D eigenvalue weighted by molar-refractivity contribution is -0.137. The molecule has 2 N–H and O–H groups in total. The van der Waals surface area contributed by atoms with E-state index in [1.807, 2.05) is 0 Å². The quantitative estimate of drug-likeness (QED) is 0.862. The summed E-state index contributed by atoms with van der Waals surface area (Å²) in [6, 6.07) is 2.09. The number of aryl methyl sites for hydroxylation is 1. The molecule has 0 aliphatic rings. The highest BCUT2D eigenvalue weighted by Crippen LogP contribution is 2.36. The summed E-state index contributed by atoms with van der Waals surface area (Å²) in [7, 11) is 0. The van der Waals surface area contributed by atoms with Crippen molar-refractivity contribution in [3.05, 3.63) is 47.0 Å². The van der Waals surface area contributed by atoms with Crippen molar-refractivity contribution in [2.45, 2.75) is 26.1 Å². The molecule has 0 spiro atoms. The molecule has 1 unspecified atom stereocenters. The van der Waals surface area contributed by atoms with E-state index in [9.17, 15) is 17.6 Å². The van der Waals surface area contributed by atoms with Crippen LogP contribution in [0, 0.1) is 12.7 Å². The molecule has 1 aromatic heterocycles. The van der Waals surface area contributed by atoms with Gasteiger partial charge in [-0.25, -0.2) is 14.4 Å². The van der Waals surface area contributed by atoms with Crippen molar-refractivity contribution >= 4 is 0 Å². The van der Waals surface area contributed by atoms with Gasteiger partial charge in [-0.2, -0.15) is 13.2 Å². The molecule has 1 aromatic carbocycles. The fourth-order valence-electron chi connectivity index (χ4n) is 2.00. The monoisotopic (exact) mass is 299 g/mol. The zero-order valence-corrected chi connectivity index (χ0v) is 11.4. The molecule has 2 aromatic rings. The van der Waals surface area contributed by atoms with Gasteiger partial charge < -0.3 is 5.73 Å². The van der Waals surface area contributed by atoms with Crippen LogP contribution in [0.1, 0.15) is 29.8 Å². The number of benzene rings is 1. The summed E-state index contributed by atoms with van der Waals surface area (Å²) in [5.41, 5.74) is 5.49. The van der Waals surface area contributed by atoms with Gasteiger partial charge in [0.2, 0.25) is 0 Å². The van der Waals surface area contributed by atoms with Crippen LogP contribution in [-0.4, -0.2) is 9.97 Å². The Bertz CT molecular complexity index is 666.